The highest BCUT2D eigenvalue weighted by molar-refractivity contribution is 5.93. The van der Waals surface area contributed by atoms with Crippen LogP contribution in [-0.4, -0.2) is 22.3 Å². The van der Waals surface area contributed by atoms with Gasteiger partial charge in [-0.2, -0.15) is 0 Å². The van der Waals surface area contributed by atoms with Gasteiger partial charge in [0.25, 0.3) is 0 Å². The molecule has 0 saturated heterocycles. The van der Waals surface area contributed by atoms with Gasteiger partial charge >= 0.3 is 5.97 Å². The van der Waals surface area contributed by atoms with Crippen molar-refractivity contribution in [3.8, 4) is 0 Å². The van der Waals surface area contributed by atoms with E-state index in [1.807, 2.05) is 6.07 Å². The third-order valence-electron chi connectivity index (χ3n) is 2.55. The van der Waals surface area contributed by atoms with Gasteiger partial charge in [-0.25, -0.2) is 9.78 Å². The first-order valence-electron chi connectivity index (χ1n) is 5.68. The number of pyridine rings is 1. The van der Waals surface area contributed by atoms with Crippen molar-refractivity contribution in [3.63, 3.8) is 0 Å². The first-order chi connectivity index (χ1) is 9.20. The van der Waals surface area contributed by atoms with E-state index in [2.05, 4.69) is 10.3 Å². The maximum absolute atomic E-state index is 11.1. The number of hydrogen-bond donors (Lipinski definition) is 2. The molecule has 1 aromatic carbocycles. The maximum Gasteiger partial charge on any atom is 0.339 e. The Hall–Kier alpha value is -2.69. The molecular weight excluding hydrogens is 244 g/mol. The minimum Gasteiger partial charge on any atom is -0.478 e. The van der Waals surface area contributed by atoms with Crippen LogP contribution >= 0.6 is 0 Å². The van der Waals surface area contributed by atoms with Crippen LogP contribution in [0.5, 0.6) is 0 Å². The van der Waals surface area contributed by atoms with Crippen LogP contribution in [0.4, 0.5) is 11.5 Å². The highest BCUT2D eigenvalue weighted by Gasteiger charge is 2.10. The molecule has 1 aromatic heterocycles. The van der Waals surface area contributed by atoms with Crippen LogP contribution in [0.1, 0.15) is 15.9 Å². The van der Waals surface area contributed by atoms with Gasteiger partial charge in [-0.15, -0.1) is 0 Å². The van der Waals surface area contributed by atoms with Gasteiger partial charge in [-0.05, 0) is 29.8 Å². The number of aldehydes is 1. The highest BCUT2D eigenvalue weighted by Crippen LogP contribution is 2.19. The van der Waals surface area contributed by atoms with Crippen molar-refractivity contribution in [1.82, 2.24) is 4.98 Å². The zero-order valence-corrected chi connectivity index (χ0v) is 10.0. The van der Waals surface area contributed by atoms with E-state index in [0.717, 1.165) is 11.8 Å². The lowest BCUT2D eigenvalue weighted by atomic mass is 10.1. The van der Waals surface area contributed by atoms with Gasteiger partial charge in [0.15, 0.2) is 0 Å². The molecule has 1 heterocycles. The molecule has 0 spiro atoms. The SMILES string of the molecule is O=CCc1cccc(Nc2ncccc2C(=O)O)c1. The summed E-state index contributed by atoms with van der Waals surface area (Å²) in [7, 11) is 0. The Bertz CT molecular complexity index is 611. The number of carbonyl (C=O) groups excluding carboxylic acids is 1. The van der Waals surface area contributed by atoms with Crippen LogP contribution in [0.3, 0.4) is 0 Å². The van der Waals surface area contributed by atoms with Gasteiger partial charge in [0.1, 0.15) is 17.7 Å². The minimum atomic E-state index is -1.04. The quantitative estimate of drug-likeness (QED) is 0.802. The lowest BCUT2D eigenvalue weighted by molar-refractivity contribution is -0.107. The number of carbonyl (C=O) groups is 2. The molecule has 0 unspecified atom stereocenters. The Morgan fingerprint density at radius 3 is 2.89 bits per heavy atom. The molecule has 96 valence electrons. The third-order valence-corrected chi connectivity index (χ3v) is 2.55. The van der Waals surface area contributed by atoms with Crippen molar-refractivity contribution in [2.75, 3.05) is 5.32 Å². The second-order valence-corrected chi connectivity index (χ2v) is 3.90. The van der Waals surface area contributed by atoms with Gasteiger partial charge in [-0.3, -0.25) is 0 Å². The molecule has 0 saturated carbocycles. The molecule has 2 rings (SSSR count). The summed E-state index contributed by atoms with van der Waals surface area (Å²) in [5, 5.41) is 12.0. The number of rotatable bonds is 5. The van der Waals surface area contributed by atoms with Crippen LogP contribution in [0.25, 0.3) is 0 Å². The van der Waals surface area contributed by atoms with Gasteiger partial charge in [0, 0.05) is 18.3 Å². The second-order valence-electron chi connectivity index (χ2n) is 3.90. The molecule has 5 heteroatoms. The molecule has 5 nitrogen and oxygen atoms in total. The molecule has 0 amide bonds. The summed E-state index contributed by atoms with van der Waals surface area (Å²) in [4.78, 5) is 25.5. The fraction of sp³-hybridized carbons (Fsp3) is 0.0714. The van der Waals surface area contributed by atoms with Crippen molar-refractivity contribution >= 4 is 23.8 Å². The number of aromatic carboxylic acids is 1. The van der Waals surface area contributed by atoms with Crippen LogP contribution in [0, 0.1) is 0 Å². The average Bonchev–Trinajstić information content (AvgIpc) is 2.40. The smallest absolute Gasteiger partial charge is 0.339 e. The topological polar surface area (TPSA) is 79.3 Å². The van der Waals surface area contributed by atoms with Crippen molar-refractivity contribution in [1.29, 1.82) is 0 Å². The number of anilines is 2. The number of aromatic nitrogens is 1. The summed E-state index contributed by atoms with van der Waals surface area (Å²) in [6, 6.07) is 10.2. The first-order valence-corrected chi connectivity index (χ1v) is 5.68. The van der Waals surface area contributed by atoms with E-state index < -0.39 is 5.97 Å². The molecule has 0 aliphatic rings. The zero-order valence-electron chi connectivity index (χ0n) is 10.0. The number of carboxylic acids is 1. The molecular formula is C14H12N2O3. The molecule has 0 radical (unpaired) electrons. The molecule has 0 fully saturated rings. The number of nitrogens with zero attached hydrogens (tertiary/aromatic N) is 1. The van der Waals surface area contributed by atoms with E-state index in [1.54, 1.807) is 24.3 Å². The standard InChI is InChI=1S/C14H12N2O3/c17-8-6-10-3-1-4-11(9-10)16-13-12(14(18)19)5-2-7-15-13/h1-5,7-9H,6H2,(H,15,16)(H,18,19). The van der Waals surface area contributed by atoms with Gasteiger partial charge in [-0.1, -0.05) is 12.1 Å². The average molecular weight is 256 g/mol. The Labute approximate surface area is 109 Å². The Kier molecular flexibility index (Phi) is 3.87. The van der Waals surface area contributed by atoms with Gasteiger partial charge < -0.3 is 15.2 Å². The Morgan fingerprint density at radius 1 is 1.32 bits per heavy atom. The van der Waals surface area contributed by atoms with E-state index >= 15 is 0 Å². The minimum absolute atomic E-state index is 0.100. The van der Waals surface area contributed by atoms with Crippen molar-refractivity contribution < 1.29 is 14.7 Å². The molecule has 0 bridgehead atoms. The van der Waals surface area contributed by atoms with E-state index in [1.165, 1.54) is 12.3 Å². The number of nitrogens with one attached hydrogen (secondary N) is 1. The number of carboxylic acid groups (broad SMARTS) is 1. The zero-order chi connectivity index (χ0) is 13.7. The normalized spacial score (nSPS) is 9.89. The summed E-state index contributed by atoms with van der Waals surface area (Å²) >= 11 is 0. The predicted octanol–water partition coefficient (Wildman–Crippen LogP) is 2.26. The predicted molar refractivity (Wildman–Crippen MR) is 70.7 cm³/mol. The monoisotopic (exact) mass is 256 g/mol. The summed E-state index contributed by atoms with van der Waals surface area (Å²) in [6.45, 7) is 0. The summed E-state index contributed by atoms with van der Waals surface area (Å²) in [5.41, 5.74) is 1.65. The molecule has 0 aliphatic carbocycles. The molecule has 19 heavy (non-hydrogen) atoms. The summed E-state index contributed by atoms with van der Waals surface area (Å²) in [6.07, 6.45) is 2.66. The second kappa shape index (κ2) is 5.77. The fourth-order valence-electron chi connectivity index (χ4n) is 1.69. The molecule has 0 aliphatic heterocycles. The Morgan fingerprint density at radius 2 is 2.16 bits per heavy atom. The summed E-state index contributed by atoms with van der Waals surface area (Å²) in [5.74, 6) is -0.766. The van der Waals surface area contributed by atoms with Crippen molar-refractivity contribution in [2.45, 2.75) is 6.42 Å². The van der Waals surface area contributed by atoms with E-state index in [0.29, 0.717) is 12.1 Å². The molecule has 2 N–H and O–H groups in total. The van der Waals surface area contributed by atoms with Crippen LogP contribution in [-0.2, 0) is 11.2 Å². The first kappa shape index (κ1) is 12.8. The molecule has 2 aromatic rings. The van der Waals surface area contributed by atoms with E-state index in [4.69, 9.17) is 5.11 Å². The Balaban J connectivity index is 2.28. The number of hydrogen-bond acceptors (Lipinski definition) is 4. The molecule has 0 atom stereocenters. The van der Waals surface area contributed by atoms with Crippen molar-refractivity contribution in [2.24, 2.45) is 0 Å². The lowest BCUT2D eigenvalue weighted by Gasteiger charge is -2.09. The number of benzene rings is 1. The van der Waals surface area contributed by atoms with E-state index in [-0.39, 0.29) is 11.4 Å². The third kappa shape index (κ3) is 3.16. The maximum atomic E-state index is 11.1. The van der Waals surface area contributed by atoms with E-state index in [9.17, 15) is 9.59 Å². The van der Waals surface area contributed by atoms with Crippen LogP contribution < -0.4 is 5.32 Å². The summed E-state index contributed by atoms with van der Waals surface area (Å²) < 4.78 is 0. The van der Waals surface area contributed by atoms with Gasteiger partial charge in [0.2, 0.25) is 0 Å². The highest BCUT2D eigenvalue weighted by atomic mass is 16.4. The lowest BCUT2D eigenvalue weighted by Crippen LogP contribution is -2.04. The largest absolute Gasteiger partial charge is 0.478 e. The van der Waals surface area contributed by atoms with Gasteiger partial charge in [0.05, 0.1) is 0 Å². The van der Waals surface area contributed by atoms with Crippen molar-refractivity contribution in [3.05, 3.63) is 53.7 Å². The van der Waals surface area contributed by atoms with Crippen LogP contribution in [0.15, 0.2) is 42.6 Å². The fourth-order valence-corrected chi connectivity index (χ4v) is 1.69. The van der Waals surface area contributed by atoms with Crippen LogP contribution in [0.2, 0.25) is 0 Å².